The zero-order valence-electron chi connectivity index (χ0n) is 12.7. The van der Waals surface area contributed by atoms with Gasteiger partial charge in [-0.1, -0.05) is 44.9 Å². The van der Waals surface area contributed by atoms with Crippen molar-refractivity contribution in [2.45, 2.75) is 52.0 Å². The molecule has 1 aliphatic rings. The first kappa shape index (κ1) is 13.7. The molecule has 1 fully saturated rings. The van der Waals surface area contributed by atoms with Crippen molar-refractivity contribution in [3.05, 3.63) is 36.0 Å². The van der Waals surface area contributed by atoms with Crippen LogP contribution in [0.25, 0.3) is 10.9 Å². The van der Waals surface area contributed by atoms with E-state index in [1.54, 1.807) is 0 Å². The lowest BCUT2D eigenvalue weighted by molar-refractivity contribution is 0.169. The van der Waals surface area contributed by atoms with Gasteiger partial charge in [0.1, 0.15) is 0 Å². The van der Waals surface area contributed by atoms with Gasteiger partial charge in [0, 0.05) is 23.1 Å². The lowest BCUT2D eigenvalue weighted by atomic mass is 9.73. The Labute approximate surface area is 122 Å². The van der Waals surface area contributed by atoms with Crippen LogP contribution < -0.4 is 5.32 Å². The summed E-state index contributed by atoms with van der Waals surface area (Å²) in [7, 11) is 0. The van der Waals surface area contributed by atoms with Gasteiger partial charge in [0.25, 0.3) is 0 Å². The van der Waals surface area contributed by atoms with Crippen LogP contribution in [0.1, 0.15) is 45.1 Å². The van der Waals surface area contributed by atoms with Crippen LogP contribution >= 0.6 is 0 Å². The van der Waals surface area contributed by atoms with Crippen molar-refractivity contribution < 1.29 is 0 Å². The molecule has 2 nitrogen and oxygen atoms in total. The maximum Gasteiger partial charge on any atom is 0.0456 e. The molecule has 1 unspecified atom stereocenters. The Kier molecular flexibility index (Phi) is 3.84. The summed E-state index contributed by atoms with van der Waals surface area (Å²) in [4.78, 5) is 3.37. The van der Waals surface area contributed by atoms with Crippen molar-refractivity contribution in [3.8, 4) is 0 Å². The van der Waals surface area contributed by atoms with Crippen molar-refractivity contribution in [2.75, 3.05) is 6.54 Å². The Morgan fingerprint density at radius 1 is 1.25 bits per heavy atom. The van der Waals surface area contributed by atoms with Gasteiger partial charge < -0.3 is 10.3 Å². The molecule has 0 amide bonds. The number of fused-ring (bicyclic) bond motifs is 1. The average molecular weight is 270 g/mol. The molecule has 1 atom stereocenters. The zero-order chi connectivity index (χ0) is 14.0. The highest BCUT2D eigenvalue weighted by Gasteiger charge is 2.31. The Morgan fingerprint density at radius 3 is 2.95 bits per heavy atom. The van der Waals surface area contributed by atoms with E-state index in [0.29, 0.717) is 11.5 Å². The fourth-order valence-electron chi connectivity index (χ4n) is 3.59. The fraction of sp³-hybridized carbons (Fsp3) is 0.556. The van der Waals surface area contributed by atoms with E-state index >= 15 is 0 Å². The summed E-state index contributed by atoms with van der Waals surface area (Å²) >= 11 is 0. The van der Waals surface area contributed by atoms with E-state index in [1.807, 2.05) is 0 Å². The molecule has 1 heterocycles. The third kappa shape index (κ3) is 2.76. The van der Waals surface area contributed by atoms with Gasteiger partial charge in [-0.2, -0.15) is 0 Å². The minimum Gasteiger partial charge on any atom is -0.361 e. The average Bonchev–Trinajstić information content (AvgIpc) is 2.84. The molecule has 0 bridgehead atoms. The molecular formula is C18H26N2. The number of benzene rings is 1. The molecule has 3 rings (SSSR count). The number of hydrogen-bond acceptors (Lipinski definition) is 1. The van der Waals surface area contributed by atoms with Crippen LogP contribution in [0.3, 0.4) is 0 Å². The van der Waals surface area contributed by atoms with Crippen LogP contribution in [0.2, 0.25) is 0 Å². The Bertz CT molecular complexity index is 568. The number of aromatic amines is 1. The fourth-order valence-corrected chi connectivity index (χ4v) is 3.59. The predicted octanol–water partition coefficient (Wildman–Crippen LogP) is 4.27. The summed E-state index contributed by atoms with van der Waals surface area (Å²) in [6.45, 7) is 5.90. The highest BCUT2D eigenvalue weighted by Crippen LogP contribution is 2.35. The molecule has 0 spiro atoms. The quantitative estimate of drug-likeness (QED) is 0.853. The summed E-state index contributed by atoms with van der Waals surface area (Å²) in [5, 5.41) is 5.17. The van der Waals surface area contributed by atoms with Crippen LogP contribution in [0.5, 0.6) is 0 Å². The molecule has 0 saturated heterocycles. The Hall–Kier alpha value is -1.28. The monoisotopic (exact) mass is 270 g/mol. The normalized spacial score (nSPS) is 22.2. The molecule has 1 saturated carbocycles. The van der Waals surface area contributed by atoms with E-state index in [-0.39, 0.29) is 0 Å². The van der Waals surface area contributed by atoms with E-state index in [0.717, 1.165) is 13.0 Å². The van der Waals surface area contributed by atoms with Gasteiger partial charge in [0.2, 0.25) is 0 Å². The van der Waals surface area contributed by atoms with Crippen molar-refractivity contribution in [3.63, 3.8) is 0 Å². The van der Waals surface area contributed by atoms with Crippen molar-refractivity contribution in [2.24, 2.45) is 5.41 Å². The van der Waals surface area contributed by atoms with Gasteiger partial charge >= 0.3 is 0 Å². The first-order chi connectivity index (χ1) is 9.67. The SMILES string of the molecule is CC1(C)CCCCC1NCCc1c[nH]c2ccccc12. The van der Waals surface area contributed by atoms with Gasteiger partial charge in [-0.15, -0.1) is 0 Å². The predicted molar refractivity (Wildman–Crippen MR) is 86.0 cm³/mol. The summed E-state index contributed by atoms with van der Waals surface area (Å²) in [6.07, 6.45) is 8.75. The number of aromatic nitrogens is 1. The standard InChI is InChI=1S/C18H26N2/c1-18(2)11-6-5-9-17(18)19-12-10-14-13-20-16-8-4-3-7-15(14)16/h3-4,7-8,13,17,19-20H,5-6,9-12H2,1-2H3. The molecule has 1 aliphatic carbocycles. The lowest BCUT2D eigenvalue weighted by Crippen LogP contribution is -2.44. The molecule has 0 aliphatic heterocycles. The highest BCUT2D eigenvalue weighted by atomic mass is 14.9. The summed E-state index contributed by atoms with van der Waals surface area (Å²) < 4.78 is 0. The number of rotatable bonds is 4. The summed E-state index contributed by atoms with van der Waals surface area (Å²) in [6, 6.07) is 9.26. The molecule has 2 N–H and O–H groups in total. The van der Waals surface area contributed by atoms with E-state index in [9.17, 15) is 0 Å². The van der Waals surface area contributed by atoms with E-state index in [1.165, 1.54) is 42.1 Å². The van der Waals surface area contributed by atoms with Gasteiger partial charge in [0.05, 0.1) is 0 Å². The highest BCUT2D eigenvalue weighted by molar-refractivity contribution is 5.83. The van der Waals surface area contributed by atoms with Gasteiger partial charge in [0.15, 0.2) is 0 Å². The second kappa shape index (κ2) is 5.61. The van der Waals surface area contributed by atoms with E-state index < -0.39 is 0 Å². The Balaban J connectivity index is 1.60. The van der Waals surface area contributed by atoms with Crippen molar-refractivity contribution >= 4 is 10.9 Å². The largest absolute Gasteiger partial charge is 0.361 e. The molecule has 108 valence electrons. The number of para-hydroxylation sites is 1. The second-order valence-corrected chi connectivity index (χ2v) is 6.85. The summed E-state index contributed by atoms with van der Waals surface area (Å²) in [5.41, 5.74) is 3.14. The molecular weight excluding hydrogens is 244 g/mol. The minimum atomic E-state index is 0.457. The van der Waals surface area contributed by atoms with Crippen LogP contribution in [0, 0.1) is 5.41 Å². The number of hydrogen-bond donors (Lipinski definition) is 2. The third-order valence-electron chi connectivity index (χ3n) is 4.97. The number of H-pyrrole nitrogens is 1. The van der Waals surface area contributed by atoms with Crippen molar-refractivity contribution in [1.29, 1.82) is 0 Å². The second-order valence-electron chi connectivity index (χ2n) is 6.85. The molecule has 2 heteroatoms. The van der Waals surface area contributed by atoms with Crippen LogP contribution in [-0.4, -0.2) is 17.6 Å². The smallest absolute Gasteiger partial charge is 0.0456 e. The maximum atomic E-state index is 3.80. The zero-order valence-corrected chi connectivity index (χ0v) is 12.7. The first-order valence-electron chi connectivity index (χ1n) is 7.95. The third-order valence-corrected chi connectivity index (χ3v) is 4.97. The molecule has 0 radical (unpaired) electrons. The minimum absolute atomic E-state index is 0.457. The lowest BCUT2D eigenvalue weighted by Gasteiger charge is -2.39. The molecule has 20 heavy (non-hydrogen) atoms. The Morgan fingerprint density at radius 2 is 2.10 bits per heavy atom. The molecule has 2 aromatic rings. The van der Waals surface area contributed by atoms with E-state index in [4.69, 9.17) is 0 Å². The van der Waals surface area contributed by atoms with Crippen LogP contribution in [0.15, 0.2) is 30.5 Å². The first-order valence-corrected chi connectivity index (χ1v) is 7.95. The van der Waals surface area contributed by atoms with Crippen LogP contribution in [-0.2, 0) is 6.42 Å². The van der Waals surface area contributed by atoms with Gasteiger partial charge in [-0.25, -0.2) is 0 Å². The van der Waals surface area contributed by atoms with Crippen molar-refractivity contribution in [1.82, 2.24) is 10.3 Å². The molecule has 1 aromatic carbocycles. The van der Waals surface area contributed by atoms with Gasteiger partial charge in [-0.05, 0) is 42.9 Å². The molecule has 1 aromatic heterocycles. The summed E-state index contributed by atoms with van der Waals surface area (Å²) in [5.74, 6) is 0. The van der Waals surface area contributed by atoms with E-state index in [2.05, 4.69) is 54.6 Å². The number of nitrogens with one attached hydrogen (secondary N) is 2. The van der Waals surface area contributed by atoms with Gasteiger partial charge in [-0.3, -0.25) is 0 Å². The topological polar surface area (TPSA) is 27.8 Å². The maximum absolute atomic E-state index is 3.80. The van der Waals surface area contributed by atoms with Crippen LogP contribution in [0.4, 0.5) is 0 Å².